The third-order valence-electron chi connectivity index (χ3n) is 2.96. The summed E-state index contributed by atoms with van der Waals surface area (Å²) >= 11 is 0. The van der Waals surface area contributed by atoms with Crippen LogP contribution in [0.3, 0.4) is 0 Å². The van der Waals surface area contributed by atoms with E-state index in [2.05, 4.69) is 9.62 Å². The summed E-state index contributed by atoms with van der Waals surface area (Å²) in [7, 11) is -2.03. The molecule has 0 unspecified atom stereocenters. The fourth-order valence-electron chi connectivity index (χ4n) is 1.95. The van der Waals surface area contributed by atoms with Gasteiger partial charge in [-0.3, -0.25) is 0 Å². The summed E-state index contributed by atoms with van der Waals surface area (Å²) in [5, 5.41) is 0. The minimum absolute atomic E-state index is 0.208. The molecule has 0 fully saturated rings. The lowest BCUT2D eigenvalue weighted by molar-refractivity contribution is 0.586. The summed E-state index contributed by atoms with van der Waals surface area (Å²) in [6.07, 6.45) is 0.826. The van der Waals surface area contributed by atoms with Gasteiger partial charge in [0.15, 0.2) is 0 Å². The van der Waals surface area contributed by atoms with E-state index in [1.807, 2.05) is 26.0 Å². The van der Waals surface area contributed by atoms with Crippen molar-refractivity contribution in [2.75, 3.05) is 25.0 Å². The molecule has 0 bridgehead atoms. The molecule has 0 aliphatic rings. The first-order valence-corrected chi connectivity index (χ1v) is 7.91. The van der Waals surface area contributed by atoms with Crippen molar-refractivity contribution in [3.8, 4) is 0 Å². The van der Waals surface area contributed by atoms with Gasteiger partial charge in [-0.2, -0.15) is 0 Å². The summed E-state index contributed by atoms with van der Waals surface area (Å²) < 4.78 is 26.5. The Morgan fingerprint density at radius 3 is 2.47 bits per heavy atom. The van der Waals surface area contributed by atoms with Crippen LogP contribution >= 0.6 is 0 Å². The van der Waals surface area contributed by atoms with E-state index in [0.717, 1.165) is 18.7 Å². The van der Waals surface area contributed by atoms with E-state index in [0.29, 0.717) is 11.4 Å². The van der Waals surface area contributed by atoms with Gasteiger partial charge in [-0.15, -0.1) is 0 Å². The van der Waals surface area contributed by atoms with E-state index in [9.17, 15) is 8.42 Å². The smallest absolute Gasteiger partial charge is 0.242 e. The summed E-state index contributed by atoms with van der Waals surface area (Å²) in [5.41, 5.74) is 6.27. The molecule has 108 valence electrons. The average Bonchev–Trinajstić information content (AvgIpc) is 2.39. The van der Waals surface area contributed by atoms with Crippen LogP contribution in [0.4, 0.5) is 5.69 Å². The van der Waals surface area contributed by atoms with Gasteiger partial charge in [0.1, 0.15) is 4.90 Å². The van der Waals surface area contributed by atoms with Crippen LogP contribution in [0.15, 0.2) is 29.2 Å². The molecule has 0 heterocycles. The molecule has 1 aromatic rings. The van der Waals surface area contributed by atoms with Crippen molar-refractivity contribution < 1.29 is 8.42 Å². The van der Waals surface area contributed by atoms with Crippen LogP contribution in [0.5, 0.6) is 0 Å². The van der Waals surface area contributed by atoms with Crippen LogP contribution in [0.1, 0.15) is 20.3 Å². The lowest BCUT2D eigenvalue weighted by Gasteiger charge is -2.30. The highest BCUT2D eigenvalue weighted by Crippen LogP contribution is 2.26. The molecule has 19 heavy (non-hydrogen) atoms. The minimum Gasteiger partial charge on any atom is -0.368 e. The van der Waals surface area contributed by atoms with Crippen molar-refractivity contribution in [2.45, 2.75) is 31.2 Å². The highest BCUT2D eigenvalue weighted by atomic mass is 32.2. The van der Waals surface area contributed by atoms with Crippen LogP contribution in [-0.2, 0) is 10.0 Å². The summed E-state index contributed by atoms with van der Waals surface area (Å²) in [4.78, 5) is 2.38. The Kier molecular flexibility index (Phi) is 5.78. The molecule has 0 aliphatic heterocycles. The Balaban J connectivity index is 3.24. The van der Waals surface area contributed by atoms with Crippen molar-refractivity contribution in [2.24, 2.45) is 5.73 Å². The van der Waals surface area contributed by atoms with Crippen LogP contribution in [0, 0.1) is 0 Å². The molecule has 0 saturated heterocycles. The van der Waals surface area contributed by atoms with Crippen LogP contribution in [-0.4, -0.2) is 34.6 Å². The number of anilines is 1. The lowest BCUT2D eigenvalue weighted by Crippen LogP contribution is -2.34. The molecular formula is C13H23N3O2S. The van der Waals surface area contributed by atoms with Crippen molar-refractivity contribution in [1.29, 1.82) is 0 Å². The zero-order valence-corrected chi connectivity index (χ0v) is 12.6. The van der Waals surface area contributed by atoms with Gasteiger partial charge in [0, 0.05) is 12.6 Å². The maximum atomic E-state index is 12.1. The molecule has 6 heteroatoms. The molecule has 0 aliphatic carbocycles. The maximum absolute atomic E-state index is 12.1. The molecule has 3 N–H and O–H groups in total. The predicted octanol–water partition coefficient (Wildman–Crippen LogP) is 1.16. The first-order chi connectivity index (χ1) is 8.94. The molecule has 1 rings (SSSR count). The van der Waals surface area contributed by atoms with Gasteiger partial charge in [0.25, 0.3) is 0 Å². The monoisotopic (exact) mass is 285 g/mol. The van der Waals surface area contributed by atoms with E-state index in [-0.39, 0.29) is 6.04 Å². The zero-order valence-electron chi connectivity index (χ0n) is 11.8. The van der Waals surface area contributed by atoms with Crippen LogP contribution in [0.25, 0.3) is 0 Å². The normalized spacial score (nSPS) is 11.8. The standard InChI is InChI=1S/C13H23N3O2S/c1-11(2)16(10-6-9-14)12-7-4-5-8-13(12)19(17,18)15-3/h4-5,7-8,11,15H,6,9-10,14H2,1-3H3. The highest BCUT2D eigenvalue weighted by molar-refractivity contribution is 7.89. The van der Waals surface area contributed by atoms with E-state index in [4.69, 9.17) is 5.73 Å². The lowest BCUT2D eigenvalue weighted by atomic mass is 10.2. The molecule has 0 atom stereocenters. The second-order valence-corrected chi connectivity index (χ2v) is 6.46. The first-order valence-electron chi connectivity index (χ1n) is 6.43. The van der Waals surface area contributed by atoms with Gasteiger partial charge in [-0.25, -0.2) is 13.1 Å². The number of hydrogen-bond acceptors (Lipinski definition) is 4. The number of nitrogens with two attached hydrogens (primary N) is 1. The van der Waals surface area contributed by atoms with Crippen molar-refractivity contribution in [1.82, 2.24) is 4.72 Å². The largest absolute Gasteiger partial charge is 0.368 e. The minimum atomic E-state index is -3.46. The van der Waals surface area contributed by atoms with E-state index >= 15 is 0 Å². The number of rotatable bonds is 7. The number of nitrogens with one attached hydrogen (secondary N) is 1. The van der Waals surface area contributed by atoms with Gasteiger partial charge in [0.05, 0.1) is 5.69 Å². The van der Waals surface area contributed by atoms with Crippen molar-refractivity contribution >= 4 is 15.7 Å². The Morgan fingerprint density at radius 2 is 1.95 bits per heavy atom. The van der Waals surface area contributed by atoms with Crippen molar-refractivity contribution in [3.05, 3.63) is 24.3 Å². The van der Waals surface area contributed by atoms with Gasteiger partial charge >= 0.3 is 0 Å². The number of benzene rings is 1. The van der Waals surface area contributed by atoms with Gasteiger partial charge in [-0.1, -0.05) is 12.1 Å². The number of nitrogens with zero attached hydrogens (tertiary/aromatic N) is 1. The summed E-state index contributed by atoms with van der Waals surface area (Å²) in [6, 6.07) is 7.25. The molecular weight excluding hydrogens is 262 g/mol. The Bertz CT molecular complexity index is 500. The predicted molar refractivity (Wildman–Crippen MR) is 78.8 cm³/mol. The third kappa shape index (κ3) is 3.92. The molecule has 0 amide bonds. The third-order valence-corrected chi connectivity index (χ3v) is 4.42. The van der Waals surface area contributed by atoms with Crippen LogP contribution in [0.2, 0.25) is 0 Å². The second-order valence-electron chi connectivity index (χ2n) is 4.60. The molecule has 5 nitrogen and oxygen atoms in total. The zero-order chi connectivity index (χ0) is 14.5. The van der Waals surface area contributed by atoms with E-state index in [1.54, 1.807) is 12.1 Å². The molecule has 1 aromatic carbocycles. The molecule has 0 radical (unpaired) electrons. The van der Waals surface area contributed by atoms with Gasteiger partial charge in [-0.05, 0) is 46.0 Å². The summed E-state index contributed by atoms with van der Waals surface area (Å²) in [6.45, 7) is 5.41. The quantitative estimate of drug-likeness (QED) is 0.788. The summed E-state index contributed by atoms with van der Waals surface area (Å²) in [5.74, 6) is 0. The topological polar surface area (TPSA) is 75.4 Å². The highest BCUT2D eigenvalue weighted by Gasteiger charge is 2.21. The SMILES string of the molecule is CNS(=O)(=O)c1ccccc1N(CCCN)C(C)C. The average molecular weight is 285 g/mol. The van der Waals surface area contributed by atoms with Gasteiger partial charge in [0.2, 0.25) is 10.0 Å². The molecule has 0 saturated carbocycles. The van der Waals surface area contributed by atoms with Crippen LogP contribution < -0.4 is 15.4 Å². The van der Waals surface area contributed by atoms with Gasteiger partial charge < -0.3 is 10.6 Å². The first kappa shape index (κ1) is 15.9. The Hall–Kier alpha value is -1.11. The number of sulfonamides is 1. The Labute approximate surface area is 115 Å². The molecule has 0 aromatic heterocycles. The Morgan fingerprint density at radius 1 is 1.32 bits per heavy atom. The van der Waals surface area contributed by atoms with E-state index in [1.165, 1.54) is 7.05 Å². The van der Waals surface area contributed by atoms with E-state index < -0.39 is 10.0 Å². The fraction of sp³-hybridized carbons (Fsp3) is 0.538. The molecule has 0 spiro atoms. The van der Waals surface area contributed by atoms with Crippen molar-refractivity contribution in [3.63, 3.8) is 0 Å². The fourth-order valence-corrected chi connectivity index (χ4v) is 2.89. The number of para-hydroxylation sites is 1. The maximum Gasteiger partial charge on any atom is 0.242 e. The second kappa shape index (κ2) is 6.88. The number of hydrogen-bond donors (Lipinski definition) is 2.